The Morgan fingerprint density at radius 2 is 2.00 bits per heavy atom. The summed E-state index contributed by atoms with van der Waals surface area (Å²) in [5, 5.41) is 0. The lowest BCUT2D eigenvalue weighted by Gasteiger charge is -2.07. The monoisotopic (exact) mass is 227 g/mol. The Hall–Kier alpha value is -1.61. The van der Waals surface area contributed by atoms with Gasteiger partial charge < -0.3 is 10.7 Å². The first-order valence-electron chi connectivity index (χ1n) is 6.08. The van der Waals surface area contributed by atoms with Gasteiger partial charge in [0.1, 0.15) is 5.82 Å². The summed E-state index contributed by atoms with van der Waals surface area (Å²) in [6, 6.07) is 10.3. The number of aromatic nitrogens is 2. The van der Waals surface area contributed by atoms with E-state index in [1.807, 2.05) is 18.2 Å². The van der Waals surface area contributed by atoms with Crippen LogP contribution in [0, 0.1) is 6.92 Å². The molecule has 1 aromatic carbocycles. The topological polar surface area (TPSA) is 54.7 Å². The second-order valence-electron chi connectivity index (χ2n) is 4.91. The van der Waals surface area contributed by atoms with Gasteiger partial charge in [-0.2, -0.15) is 0 Å². The van der Waals surface area contributed by atoms with Crippen LogP contribution in [0.2, 0.25) is 0 Å². The van der Waals surface area contributed by atoms with Gasteiger partial charge in [-0.1, -0.05) is 30.3 Å². The Kier molecular flexibility index (Phi) is 2.30. The summed E-state index contributed by atoms with van der Waals surface area (Å²) < 4.78 is 0. The second-order valence-corrected chi connectivity index (χ2v) is 4.91. The molecule has 3 N–H and O–H groups in total. The number of aryl methyl sites for hydroxylation is 1. The van der Waals surface area contributed by atoms with Crippen molar-refractivity contribution in [1.82, 2.24) is 9.97 Å². The maximum absolute atomic E-state index is 5.84. The lowest BCUT2D eigenvalue weighted by atomic mass is 10.1. The fourth-order valence-corrected chi connectivity index (χ4v) is 2.28. The largest absolute Gasteiger partial charge is 0.345 e. The number of H-pyrrole nitrogens is 1. The first kappa shape index (κ1) is 10.5. The predicted octanol–water partition coefficient (Wildman–Crippen LogP) is 2.38. The molecule has 0 unspecified atom stereocenters. The molecule has 3 nitrogen and oxygen atoms in total. The molecule has 0 atom stereocenters. The summed E-state index contributed by atoms with van der Waals surface area (Å²) in [6.07, 6.45) is 2.31. The molecule has 0 aliphatic heterocycles. The Balaban J connectivity index is 2.03. The Labute approximate surface area is 101 Å². The van der Waals surface area contributed by atoms with Crippen molar-refractivity contribution >= 4 is 0 Å². The normalized spacial score (nSPS) is 17.1. The van der Waals surface area contributed by atoms with Crippen molar-refractivity contribution in [1.29, 1.82) is 0 Å². The van der Waals surface area contributed by atoms with E-state index in [0.29, 0.717) is 6.54 Å². The molecule has 1 heterocycles. The zero-order valence-electron chi connectivity index (χ0n) is 10.0. The fraction of sp³-hybridized carbons (Fsp3) is 0.357. The van der Waals surface area contributed by atoms with Crippen molar-refractivity contribution in [3.63, 3.8) is 0 Å². The van der Waals surface area contributed by atoms with E-state index in [4.69, 9.17) is 10.7 Å². The fourth-order valence-electron chi connectivity index (χ4n) is 2.28. The number of imidazole rings is 1. The Morgan fingerprint density at radius 3 is 2.59 bits per heavy atom. The van der Waals surface area contributed by atoms with Crippen LogP contribution in [0.5, 0.6) is 0 Å². The highest BCUT2D eigenvalue weighted by Gasteiger charge is 2.45. The molecule has 0 spiro atoms. The van der Waals surface area contributed by atoms with Crippen LogP contribution >= 0.6 is 0 Å². The number of nitrogens with two attached hydrogens (primary N) is 1. The highest BCUT2D eigenvalue weighted by atomic mass is 15.0. The van der Waals surface area contributed by atoms with Crippen LogP contribution < -0.4 is 5.73 Å². The minimum Gasteiger partial charge on any atom is -0.345 e. The van der Waals surface area contributed by atoms with Crippen molar-refractivity contribution in [2.24, 2.45) is 5.73 Å². The van der Waals surface area contributed by atoms with Gasteiger partial charge in [0.05, 0.1) is 5.69 Å². The van der Waals surface area contributed by atoms with Gasteiger partial charge >= 0.3 is 0 Å². The smallest absolute Gasteiger partial charge is 0.114 e. The molecular formula is C14H17N3. The average Bonchev–Trinajstić information content (AvgIpc) is 3.08. The predicted molar refractivity (Wildman–Crippen MR) is 68.7 cm³/mol. The van der Waals surface area contributed by atoms with Crippen molar-refractivity contribution in [3.8, 4) is 11.3 Å². The molecule has 2 aromatic rings. The van der Waals surface area contributed by atoms with Gasteiger partial charge in [0.25, 0.3) is 0 Å². The van der Waals surface area contributed by atoms with E-state index in [2.05, 4.69) is 24.0 Å². The quantitative estimate of drug-likeness (QED) is 0.845. The Bertz CT molecular complexity index is 524. The van der Waals surface area contributed by atoms with E-state index in [1.165, 1.54) is 5.56 Å². The minimum atomic E-state index is 0.137. The number of hydrogen-bond acceptors (Lipinski definition) is 2. The third-order valence-electron chi connectivity index (χ3n) is 3.68. The standard InChI is InChI=1S/C14H17N3/c1-10-12(11-5-3-2-4-6-11)17-13(16-10)14(9-15)7-8-14/h2-6H,7-9,15H2,1H3,(H,16,17). The molecule has 0 bridgehead atoms. The van der Waals surface area contributed by atoms with E-state index in [-0.39, 0.29) is 5.41 Å². The average molecular weight is 227 g/mol. The summed E-state index contributed by atoms with van der Waals surface area (Å²) in [4.78, 5) is 8.16. The molecule has 1 aromatic heterocycles. The van der Waals surface area contributed by atoms with Gasteiger partial charge in [0.2, 0.25) is 0 Å². The van der Waals surface area contributed by atoms with Crippen molar-refractivity contribution in [2.75, 3.05) is 6.54 Å². The van der Waals surface area contributed by atoms with E-state index < -0.39 is 0 Å². The lowest BCUT2D eigenvalue weighted by molar-refractivity contribution is 0.658. The number of rotatable bonds is 3. The van der Waals surface area contributed by atoms with Crippen LogP contribution in [0.1, 0.15) is 24.4 Å². The van der Waals surface area contributed by atoms with Gasteiger partial charge in [-0.3, -0.25) is 0 Å². The number of nitrogens with zero attached hydrogens (tertiary/aromatic N) is 1. The molecule has 1 aliphatic rings. The van der Waals surface area contributed by atoms with Gasteiger partial charge in [-0.05, 0) is 19.8 Å². The van der Waals surface area contributed by atoms with Crippen molar-refractivity contribution in [3.05, 3.63) is 41.9 Å². The molecule has 0 saturated heterocycles. The number of benzene rings is 1. The third-order valence-corrected chi connectivity index (χ3v) is 3.68. The van der Waals surface area contributed by atoms with Crippen LogP contribution in [0.3, 0.4) is 0 Å². The number of nitrogens with one attached hydrogen (secondary N) is 1. The Morgan fingerprint density at radius 1 is 1.29 bits per heavy atom. The highest BCUT2D eigenvalue weighted by Crippen LogP contribution is 2.46. The molecule has 0 radical (unpaired) electrons. The molecule has 3 rings (SSSR count). The molecule has 88 valence electrons. The van der Waals surface area contributed by atoms with Crippen molar-refractivity contribution in [2.45, 2.75) is 25.2 Å². The molecule has 17 heavy (non-hydrogen) atoms. The van der Waals surface area contributed by atoms with Crippen LogP contribution in [0.4, 0.5) is 0 Å². The molecule has 0 amide bonds. The van der Waals surface area contributed by atoms with Gasteiger partial charge in [-0.25, -0.2) is 4.98 Å². The third kappa shape index (κ3) is 1.67. The molecule has 3 heteroatoms. The molecular weight excluding hydrogens is 210 g/mol. The zero-order chi connectivity index (χ0) is 11.9. The lowest BCUT2D eigenvalue weighted by Crippen LogP contribution is -2.21. The summed E-state index contributed by atoms with van der Waals surface area (Å²) in [5.41, 5.74) is 9.33. The zero-order valence-corrected chi connectivity index (χ0v) is 10.0. The van der Waals surface area contributed by atoms with Gasteiger partial charge in [-0.15, -0.1) is 0 Å². The SMILES string of the molecule is Cc1[nH]c(C2(CN)CC2)nc1-c1ccccc1. The second kappa shape index (κ2) is 3.70. The summed E-state index contributed by atoms with van der Waals surface area (Å²) in [5.74, 6) is 1.07. The van der Waals surface area contributed by atoms with Crippen LogP contribution in [-0.4, -0.2) is 16.5 Å². The number of hydrogen-bond donors (Lipinski definition) is 2. The molecule has 1 saturated carbocycles. The van der Waals surface area contributed by atoms with Gasteiger partial charge in [0.15, 0.2) is 0 Å². The van der Waals surface area contributed by atoms with E-state index in [1.54, 1.807) is 0 Å². The van der Waals surface area contributed by atoms with E-state index >= 15 is 0 Å². The molecule has 1 fully saturated rings. The highest BCUT2D eigenvalue weighted by molar-refractivity contribution is 5.62. The first-order valence-corrected chi connectivity index (χ1v) is 6.08. The summed E-state index contributed by atoms with van der Waals surface area (Å²) in [7, 11) is 0. The van der Waals surface area contributed by atoms with Crippen LogP contribution in [0.15, 0.2) is 30.3 Å². The van der Waals surface area contributed by atoms with E-state index in [0.717, 1.165) is 30.1 Å². The van der Waals surface area contributed by atoms with Gasteiger partial charge in [0, 0.05) is 23.2 Å². The summed E-state index contributed by atoms with van der Waals surface area (Å²) >= 11 is 0. The molecule has 1 aliphatic carbocycles. The first-order chi connectivity index (χ1) is 8.25. The number of aromatic amines is 1. The van der Waals surface area contributed by atoms with E-state index in [9.17, 15) is 0 Å². The van der Waals surface area contributed by atoms with Crippen LogP contribution in [0.25, 0.3) is 11.3 Å². The van der Waals surface area contributed by atoms with Crippen molar-refractivity contribution < 1.29 is 0 Å². The van der Waals surface area contributed by atoms with Crippen LogP contribution in [-0.2, 0) is 5.41 Å². The maximum Gasteiger partial charge on any atom is 0.114 e. The maximum atomic E-state index is 5.84. The minimum absolute atomic E-state index is 0.137. The summed E-state index contributed by atoms with van der Waals surface area (Å²) in [6.45, 7) is 2.76.